The molecule has 3 rings (SSSR count). The smallest absolute Gasteiger partial charge is 0.0293 e. The number of rotatable bonds is 4. The standard InChI is InChI=1S/C15H17BrN2S/c16-13-7-14(19-9-13)8-15(18-17)12-5-10-3-1-2-4-11(10)6-12/h1-4,7,9,12,15,18H,5-6,8,17H2. The fourth-order valence-corrected chi connectivity index (χ4v) is 4.43. The quantitative estimate of drug-likeness (QED) is 0.664. The van der Waals surface area contributed by atoms with Crippen LogP contribution < -0.4 is 11.3 Å². The van der Waals surface area contributed by atoms with Crippen LogP contribution in [0.1, 0.15) is 16.0 Å². The van der Waals surface area contributed by atoms with Crippen molar-refractivity contribution < 1.29 is 0 Å². The van der Waals surface area contributed by atoms with E-state index >= 15 is 0 Å². The van der Waals surface area contributed by atoms with Gasteiger partial charge in [0.2, 0.25) is 0 Å². The van der Waals surface area contributed by atoms with Crippen LogP contribution in [0.5, 0.6) is 0 Å². The minimum absolute atomic E-state index is 0.345. The predicted molar refractivity (Wildman–Crippen MR) is 84.2 cm³/mol. The first-order valence-electron chi connectivity index (χ1n) is 6.52. The largest absolute Gasteiger partial charge is 0.271 e. The second-order valence-corrected chi connectivity index (χ2v) is 7.06. The predicted octanol–water partition coefficient (Wildman–Crippen LogP) is 3.30. The zero-order valence-corrected chi connectivity index (χ0v) is 13.0. The summed E-state index contributed by atoms with van der Waals surface area (Å²) in [7, 11) is 0. The van der Waals surface area contributed by atoms with Gasteiger partial charge in [0.05, 0.1) is 0 Å². The monoisotopic (exact) mass is 336 g/mol. The summed E-state index contributed by atoms with van der Waals surface area (Å²) in [5, 5.41) is 2.13. The van der Waals surface area contributed by atoms with Gasteiger partial charge in [0, 0.05) is 20.8 Å². The Balaban J connectivity index is 1.71. The molecule has 1 aromatic carbocycles. The van der Waals surface area contributed by atoms with Gasteiger partial charge in [-0.25, -0.2) is 0 Å². The van der Waals surface area contributed by atoms with Crippen LogP contribution in [0.4, 0.5) is 0 Å². The van der Waals surface area contributed by atoms with E-state index in [-0.39, 0.29) is 0 Å². The normalized spacial score (nSPS) is 16.5. The van der Waals surface area contributed by atoms with Crippen molar-refractivity contribution in [2.24, 2.45) is 11.8 Å². The lowest BCUT2D eigenvalue weighted by atomic mass is 9.94. The maximum absolute atomic E-state index is 5.79. The van der Waals surface area contributed by atoms with Crippen molar-refractivity contribution in [3.8, 4) is 0 Å². The van der Waals surface area contributed by atoms with E-state index in [4.69, 9.17) is 5.84 Å². The minimum Gasteiger partial charge on any atom is -0.271 e. The molecule has 19 heavy (non-hydrogen) atoms. The molecule has 0 fully saturated rings. The van der Waals surface area contributed by atoms with Crippen LogP contribution in [-0.4, -0.2) is 6.04 Å². The molecule has 0 spiro atoms. The average molecular weight is 337 g/mol. The molecule has 0 saturated carbocycles. The highest BCUT2D eigenvalue weighted by atomic mass is 79.9. The summed E-state index contributed by atoms with van der Waals surface area (Å²) in [5.41, 5.74) is 6.00. The van der Waals surface area contributed by atoms with Crippen molar-refractivity contribution in [1.29, 1.82) is 0 Å². The third-order valence-electron chi connectivity index (χ3n) is 3.91. The zero-order valence-electron chi connectivity index (χ0n) is 10.6. The Morgan fingerprint density at radius 2 is 2.00 bits per heavy atom. The van der Waals surface area contributed by atoms with Gasteiger partial charge in [0.15, 0.2) is 0 Å². The second kappa shape index (κ2) is 5.75. The summed E-state index contributed by atoms with van der Waals surface area (Å²) < 4.78 is 1.16. The third kappa shape index (κ3) is 2.92. The topological polar surface area (TPSA) is 38.0 Å². The first kappa shape index (κ1) is 13.3. The summed E-state index contributed by atoms with van der Waals surface area (Å²) in [6.07, 6.45) is 3.28. The highest BCUT2D eigenvalue weighted by Crippen LogP contribution is 2.31. The van der Waals surface area contributed by atoms with Crippen molar-refractivity contribution >= 4 is 27.3 Å². The van der Waals surface area contributed by atoms with Crippen molar-refractivity contribution in [3.63, 3.8) is 0 Å². The molecule has 0 aliphatic heterocycles. The Morgan fingerprint density at radius 1 is 1.32 bits per heavy atom. The fourth-order valence-electron chi connectivity index (χ4n) is 2.92. The number of nitrogens with one attached hydrogen (secondary N) is 1. The van der Waals surface area contributed by atoms with Gasteiger partial charge in [-0.2, -0.15) is 0 Å². The van der Waals surface area contributed by atoms with Crippen LogP contribution in [0.25, 0.3) is 0 Å². The van der Waals surface area contributed by atoms with Crippen LogP contribution in [0.15, 0.2) is 40.2 Å². The van der Waals surface area contributed by atoms with E-state index in [2.05, 4.69) is 57.1 Å². The van der Waals surface area contributed by atoms with E-state index < -0.39 is 0 Å². The Bertz CT molecular complexity index is 542. The van der Waals surface area contributed by atoms with Crippen molar-refractivity contribution in [2.45, 2.75) is 25.3 Å². The van der Waals surface area contributed by atoms with Crippen molar-refractivity contribution in [2.75, 3.05) is 0 Å². The van der Waals surface area contributed by atoms with Gasteiger partial charge in [0.25, 0.3) is 0 Å². The Morgan fingerprint density at radius 3 is 2.53 bits per heavy atom. The fraction of sp³-hybridized carbons (Fsp3) is 0.333. The number of halogens is 1. The first-order chi connectivity index (χ1) is 9.26. The van der Waals surface area contributed by atoms with Crippen LogP contribution in [0.2, 0.25) is 0 Å². The van der Waals surface area contributed by atoms with Gasteiger partial charge in [-0.05, 0) is 58.3 Å². The minimum atomic E-state index is 0.345. The Labute approximate surface area is 126 Å². The summed E-state index contributed by atoms with van der Waals surface area (Å²) in [6.45, 7) is 0. The molecule has 1 heterocycles. The SMILES string of the molecule is NNC(Cc1cc(Br)cs1)C1Cc2ccccc2C1. The second-order valence-electron chi connectivity index (χ2n) is 5.15. The molecular weight excluding hydrogens is 320 g/mol. The maximum atomic E-state index is 5.79. The summed E-state index contributed by atoms with van der Waals surface area (Å²) in [6, 6.07) is 11.3. The lowest BCUT2D eigenvalue weighted by Gasteiger charge is -2.21. The van der Waals surface area contributed by atoms with E-state index in [9.17, 15) is 0 Å². The molecule has 0 radical (unpaired) electrons. The average Bonchev–Trinajstić information content (AvgIpc) is 3.01. The molecule has 100 valence electrons. The van der Waals surface area contributed by atoms with E-state index in [1.54, 1.807) is 11.3 Å². The molecule has 2 aromatic rings. The third-order valence-corrected chi connectivity index (χ3v) is 5.63. The molecule has 1 aliphatic carbocycles. The number of hydrogen-bond acceptors (Lipinski definition) is 3. The Kier molecular flexibility index (Phi) is 4.03. The summed E-state index contributed by atoms with van der Waals surface area (Å²) >= 11 is 5.30. The number of hydrogen-bond donors (Lipinski definition) is 2. The van der Waals surface area contributed by atoms with Crippen LogP contribution in [0, 0.1) is 5.92 Å². The molecule has 1 atom stereocenters. The van der Waals surface area contributed by atoms with E-state index in [1.165, 1.54) is 16.0 Å². The van der Waals surface area contributed by atoms with E-state index in [0.29, 0.717) is 12.0 Å². The molecule has 1 aromatic heterocycles. The molecule has 0 bridgehead atoms. The molecular formula is C15H17BrN2S. The van der Waals surface area contributed by atoms with E-state index in [0.717, 1.165) is 23.7 Å². The molecule has 1 unspecified atom stereocenters. The van der Waals surface area contributed by atoms with Crippen LogP contribution in [0.3, 0.4) is 0 Å². The summed E-state index contributed by atoms with van der Waals surface area (Å²) in [5.74, 6) is 6.39. The molecule has 4 heteroatoms. The first-order valence-corrected chi connectivity index (χ1v) is 8.19. The van der Waals surface area contributed by atoms with E-state index in [1.807, 2.05) is 0 Å². The highest BCUT2D eigenvalue weighted by molar-refractivity contribution is 9.10. The number of fused-ring (bicyclic) bond motifs is 1. The van der Waals surface area contributed by atoms with Gasteiger partial charge in [-0.3, -0.25) is 11.3 Å². The number of nitrogens with two attached hydrogens (primary N) is 1. The van der Waals surface area contributed by atoms with Gasteiger partial charge in [-0.1, -0.05) is 24.3 Å². The lowest BCUT2D eigenvalue weighted by Crippen LogP contribution is -2.42. The zero-order chi connectivity index (χ0) is 13.2. The van der Waals surface area contributed by atoms with Crippen LogP contribution >= 0.6 is 27.3 Å². The van der Waals surface area contributed by atoms with Crippen molar-refractivity contribution in [3.05, 3.63) is 56.2 Å². The van der Waals surface area contributed by atoms with Gasteiger partial charge in [0.1, 0.15) is 0 Å². The highest BCUT2D eigenvalue weighted by Gasteiger charge is 2.28. The molecule has 0 amide bonds. The Hall–Kier alpha value is -0.680. The van der Waals surface area contributed by atoms with Crippen molar-refractivity contribution in [1.82, 2.24) is 5.43 Å². The molecule has 1 aliphatic rings. The molecule has 0 saturated heterocycles. The number of hydrazine groups is 1. The number of thiophene rings is 1. The van der Waals surface area contributed by atoms with Gasteiger partial charge < -0.3 is 0 Å². The maximum Gasteiger partial charge on any atom is 0.0293 e. The van der Waals surface area contributed by atoms with Gasteiger partial charge in [-0.15, -0.1) is 11.3 Å². The lowest BCUT2D eigenvalue weighted by molar-refractivity contribution is 0.368. The number of benzene rings is 1. The molecule has 2 nitrogen and oxygen atoms in total. The van der Waals surface area contributed by atoms with Crippen LogP contribution in [-0.2, 0) is 19.3 Å². The van der Waals surface area contributed by atoms with Gasteiger partial charge >= 0.3 is 0 Å². The molecule has 3 N–H and O–H groups in total. The summed E-state index contributed by atoms with van der Waals surface area (Å²) in [4.78, 5) is 1.38.